The van der Waals surface area contributed by atoms with Crippen LogP contribution in [0.2, 0.25) is 0 Å². The Bertz CT molecular complexity index is 950. The van der Waals surface area contributed by atoms with Crippen molar-refractivity contribution in [3.8, 4) is 17.1 Å². The standard InChI is InChI=1S/C19H14F3NO4/c1-25-14-6-4-5-12(9-14)17-10-13(23-27-17)11-26-18(24)15-7-2-3-8-16(15)19(20,21)22/h2-10H,11H2,1H3. The van der Waals surface area contributed by atoms with E-state index in [2.05, 4.69) is 5.16 Å². The summed E-state index contributed by atoms with van der Waals surface area (Å²) in [6.45, 7) is -0.321. The van der Waals surface area contributed by atoms with Crippen molar-refractivity contribution in [3.63, 3.8) is 0 Å². The van der Waals surface area contributed by atoms with Gasteiger partial charge < -0.3 is 14.0 Å². The van der Waals surface area contributed by atoms with Gasteiger partial charge in [-0.25, -0.2) is 4.79 Å². The molecule has 0 atom stereocenters. The number of aromatic nitrogens is 1. The fourth-order valence-corrected chi connectivity index (χ4v) is 2.42. The quantitative estimate of drug-likeness (QED) is 0.602. The Kier molecular flexibility index (Phi) is 5.16. The van der Waals surface area contributed by atoms with Gasteiger partial charge in [-0.05, 0) is 24.3 Å². The number of nitrogens with zero attached hydrogens (tertiary/aromatic N) is 1. The summed E-state index contributed by atoms with van der Waals surface area (Å²) < 4.78 is 54.2. The van der Waals surface area contributed by atoms with Gasteiger partial charge in [-0.2, -0.15) is 13.2 Å². The van der Waals surface area contributed by atoms with Crippen molar-refractivity contribution < 1.29 is 32.0 Å². The average Bonchev–Trinajstić information content (AvgIpc) is 3.14. The van der Waals surface area contributed by atoms with Crippen molar-refractivity contribution in [3.05, 3.63) is 71.4 Å². The minimum Gasteiger partial charge on any atom is -0.497 e. The smallest absolute Gasteiger partial charge is 0.417 e. The Morgan fingerprint density at radius 2 is 1.89 bits per heavy atom. The van der Waals surface area contributed by atoms with Crippen LogP contribution in [0.3, 0.4) is 0 Å². The fourth-order valence-electron chi connectivity index (χ4n) is 2.42. The second-order valence-corrected chi connectivity index (χ2v) is 5.53. The van der Waals surface area contributed by atoms with Crippen molar-refractivity contribution in [2.75, 3.05) is 7.11 Å². The molecule has 0 bridgehead atoms. The van der Waals surface area contributed by atoms with E-state index in [0.717, 1.165) is 12.1 Å². The van der Waals surface area contributed by atoms with Crippen LogP contribution in [-0.2, 0) is 17.5 Å². The summed E-state index contributed by atoms with van der Waals surface area (Å²) in [5, 5.41) is 3.77. The van der Waals surface area contributed by atoms with Gasteiger partial charge in [0.15, 0.2) is 5.76 Å². The van der Waals surface area contributed by atoms with Crippen LogP contribution in [-0.4, -0.2) is 18.2 Å². The first-order valence-corrected chi connectivity index (χ1v) is 7.82. The van der Waals surface area contributed by atoms with Crippen molar-refractivity contribution in [1.82, 2.24) is 5.16 Å². The minimum atomic E-state index is -4.65. The summed E-state index contributed by atoms with van der Waals surface area (Å²) in [5.41, 5.74) is -0.638. The predicted octanol–water partition coefficient (Wildman–Crippen LogP) is 4.73. The molecule has 0 aliphatic rings. The second-order valence-electron chi connectivity index (χ2n) is 5.53. The number of ether oxygens (including phenoxy) is 2. The number of alkyl halides is 3. The van der Waals surface area contributed by atoms with Gasteiger partial charge in [0, 0.05) is 11.6 Å². The Morgan fingerprint density at radius 1 is 1.11 bits per heavy atom. The lowest BCUT2D eigenvalue weighted by atomic mass is 10.1. The normalized spacial score (nSPS) is 11.3. The Morgan fingerprint density at radius 3 is 2.63 bits per heavy atom. The average molecular weight is 377 g/mol. The fraction of sp³-hybridized carbons (Fsp3) is 0.158. The molecule has 0 radical (unpaired) electrons. The van der Waals surface area contributed by atoms with E-state index in [-0.39, 0.29) is 12.3 Å². The minimum absolute atomic E-state index is 0.269. The lowest BCUT2D eigenvalue weighted by Crippen LogP contribution is -2.15. The van der Waals surface area contributed by atoms with Crippen molar-refractivity contribution in [2.45, 2.75) is 12.8 Å². The first-order chi connectivity index (χ1) is 12.9. The first-order valence-electron chi connectivity index (χ1n) is 7.82. The molecule has 0 aliphatic carbocycles. The molecule has 5 nitrogen and oxygen atoms in total. The van der Waals surface area contributed by atoms with Crippen LogP contribution in [0.1, 0.15) is 21.6 Å². The third kappa shape index (κ3) is 4.28. The molecule has 0 saturated heterocycles. The highest BCUT2D eigenvalue weighted by atomic mass is 19.4. The maximum absolute atomic E-state index is 13.0. The van der Waals surface area contributed by atoms with Crippen LogP contribution in [0.25, 0.3) is 11.3 Å². The summed E-state index contributed by atoms with van der Waals surface area (Å²) in [6.07, 6.45) is -4.65. The summed E-state index contributed by atoms with van der Waals surface area (Å²) in [5.74, 6) is -0.0508. The van der Waals surface area contributed by atoms with E-state index in [1.807, 2.05) is 0 Å². The van der Waals surface area contributed by atoms with Crippen molar-refractivity contribution in [1.29, 1.82) is 0 Å². The third-order valence-corrected chi connectivity index (χ3v) is 3.72. The maximum atomic E-state index is 13.0. The monoisotopic (exact) mass is 377 g/mol. The number of hydrogen-bond acceptors (Lipinski definition) is 5. The molecular weight excluding hydrogens is 363 g/mol. The molecule has 1 heterocycles. The Balaban J connectivity index is 1.71. The number of rotatable bonds is 5. The molecule has 0 spiro atoms. The molecule has 3 rings (SSSR count). The highest BCUT2D eigenvalue weighted by Crippen LogP contribution is 2.32. The number of esters is 1. The number of benzene rings is 2. The van der Waals surface area contributed by atoms with Crippen LogP contribution in [0, 0.1) is 0 Å². The van der Waals surface area contributed by atoms with Crippen molar-refractivity contribution >= 4 is 5.97 Å². The van der Waals surface area contributed by atoms with Gasteiger partial charge in [0.1, 0.15) is 18.1 Å². The number of halogens is 3. The zero-order valence-electron chi connectivity index (χ0n) is 14.1. The van der Waals surface area contributed by atoms with Gasteiger partial charge in [-0.1, -0.05) is 29.4 Å². The molecule has 0 aliphatic heterocycles. The summed E-state index contributed by atoms with van der Waals surface area (Å²) in [6, 6.07) is 13.0. The van der Waals surface area contributed by atoms with E-state index in [9.17, 15) is 18.0 Å². The Labute approximate surface area is 152 Å². The number of carbonyl (C=O) groups excluding carboxylic acids is 1. The largest absolute Gasteiger partial charge is 0.497 e. The predicted molar refractivity (Wildman–Crippen MR) is 89.1 cm³/mol. The van der Waals surface area contributed by atoms with Gasteiger partial charge in [0.05, 0.1) is 18.2 Å². The summed E-state index contributed by atoms with van der Waals surface area (Å²) in [7, 11) is 1.53. The molecule has 0 fully saturated rings. The molecule has 27 heavy (non-hydrogen) atoms. The second kappa shape index (κ2) is 7.53. The summed E-state index contributed by atoms with van der Waals surface area (Å²) in [4.78, 5) is 12.0. The molecule has 2 aromatic carbocycles. The van der Waals surface area contributed by atoms with Gasteiger partial charge >= 0.3 is 12.1 Å². The number of carbonyl (C=O) groups is 1. The third-order valence-electron chi connectivity index (χ3n) is 3.72. The zero-order chi connectivity index (χ0) is 19.4. The van der Waals surface area contributed by atoms with E-state index >= 15 is 0 Å². The summed E-state index contributed by atoms with van der Waals surface area (Å²) >= 11 is 0. The molecular formula is C19H14F3NO4. The Hall–Kier alpha value is -3.29. The topological polar surface area (TPSA) is 61.6 Å². The van der Waals surface area contributed by atoms with Gasteiger partial charge in [0.2, 0.25) is 0 Å². The molecule has 0 N–H and O–H groups in total. The van der Waals surface area contributed by atoms with Gasteiger partial charge in [-0.15, -0.1) is 0 Å². The van der Waals surface area contributed by atoms with E-state index in [1.165, 1.54) is 25.3 Å². The molecule has 1 aromatic heterocycles. The SMILES string of the molecule is COc1cccc(-c2cc(COC(=O)c3ccccc3C(F)(F)F)no2)c1. The van der Waals surface area contributed by atoms with Gasteiger partial charge in [0.25, 0.3) is 0 Å². The van der Waals surface area contributed by atoms with Crippen LogP contribution < -0.4 is 4.74 Å². The van der Waals surface area contributed by atoms with Crippen LogP contribution in [0.4, 0.5) is 13.2 Å². The van der Waals surface area contributed by atoms with E-state index in [1.54, 1.807) is 24.3 Å². The van der Waals surface area contributed by atoms with Crippen molar-refractivity contribution in [2.24, 2.45) is 0 Å². The number of methoxy groups -OCH3 is 1. The molecule has 0 amide bonds. The first kappa shape index (κ1) is 18.5. The van der Waals surface area contributed by atoms with E-state index in [4.69, 9.17) is 14.0 Å². The molecule has 8 heteroatoms. The molecule has 3 aromatic rings. The zero-order valence-corrected chi connectivity index (χ0v) is 14.1. The highest BCUT2D eigenvalue weighted by molar-refractivity contribution is 5.91. The van der Waals surface area contributed by atoms with Crippen LogP contribution in [0.5, 0.6) is 5.75 Å². The highest BCUT2D eigenvalue weighted by Gasteiger charge is 2.35. The molecule has 140 valence electrons. The van der Waals surface area contributed by atoms with E-state index in [0.29, 0.717) is 17.1 Å². The van der Waals surface area contributed by atoms with Crippen LogP contribution in [0.15, 0.2) is 59.1 Å². The lowest BCUT2D eigenvalue weighted by molar-refractivity contribution is -0.138. The maximum Gasteiger partial charge on any atom is 0.417 e. The lowest BCUT2D eigenvalue weighted by Gasteiger charge is -2.11. The molecule has 0 saturated carbocycles. The number of hydrogen-bond donors (Lipinski definition) is 0. The molecule has 0 unspecified atom stereocenters. The van der Waals surface area contributed by atoms with Crippen LogP contribution >= 0.6 is 0 Å². The van der Waals surface area contributed by atoms with Gasteiger partial charge in [-0.3, -0.25) is 0 Å². The van der Waals surface area contributed by atoms with E-state index < -0.39 is 23.3 Å².